The number of rotatable bonds is 16. The van der Waals surface area contributed by atoms with E-state index in [4.69, 9.17) is 23.8 Å². The highest BCUT2D eigenvalue weighted by atomic mass is 31.2. The van der Waals surface area contributed by atoms with Crippen LogP contribution in [0.5, 0.6) is 0 Å². The smallest absolute Gasteiger partial charge is 0.325 e. The largest absolute Gasteiger partial charge is 0.350 e. The second-order valence-electron chi connectivity index (χ2n) is 9.59. The van der Waals surface area contributed by atoms with Crippen molar-refractivity contribution in [3.63, 3.8) is 0 Å². The number of hydrogen-bond acceptors (Lipinski definition) is 6. The van der Waals surface area contributed by atoms with Gasteiger partial charge in [-0.1, -0.05) is 17.8 Å². The topological polar surface area (TPSA) is 163 Å². The fourth-order valence-corrected chi connectivity index (χ4v) is 5.17. The predicted octanol–water partition coefficient (Wildman–Crippen LogP) is 0.821. The number of nitrogens with one attached hydrogen (secondary N) is 4. The molecule has 5 N–H and O–H groups in total. The molecule has 11 nitrogen and oxygen atoms in total. The fraction of sp³-hybridized carbons (Fsp3) is 0.630. The summed E-state index contributed by atoms with van der Waals surface area (Å²) in [5, 5.41) is 10.8. The van der Waals surface area contributed by atoms with E-state index in [-0.39, 0.29) is 81.8 Å². The minimum atomic E-state index is -3.64. The van der Waals surface area contributed by atoms with Crippen molar-refractivity contribution in [3.05, 3.63) is 0 Å². The van der Waals surface area contributed by atoms with Crippen molar-refractivity contribution in [2.45, 2.75) is 75.9 Å². The molecule has 39 heavy (non-hydrogen) atoms. The number of hydrogen-bond donors (Lipinski definition) is 5. The molecule has 1 atom stereocenters. The van der Waals surface area contributed by atoms with Crippen LogP contribution in [0.4, 0.5) is 0 Å². The summed E-state index contributed by atoms with van der Waals surface area (Å²) in [6, 6.07) is 0. The third kappa shape index (κ3) is 14.4. The molecule has 0 saturated heterocycles. The summed E-state index contributed by atoms with van der Waals surface area (Å²) in [6.07, 6.45) is 17.4. The summed E-state index contributed by atoms with van der Waals surface area (Å²) in [5.74, 6) is 5.30. The SMILES string of the molecule is C#CCNC(=O)CCC(CCC(=O)NCC#C)(CCC(=O)NCC#C)NC(=O)[C@H]1CC[C@@H](OP(C)(=O)O)CC1. The van der Waals surface area contributed by atoms with Gasteiger partial charge in [-0.25, -0.2) is 0 Å². The maximum Gasteiger partial charge on any atom is 0.325 e. The number of terminal acetylenes is 3. The Bertz CT molecular complexity index is 943. The number of carbonyl (C=O) groups excluding carboxylic acids is 4. The third-order valence-corrected chi connectivity index (χ3v) is 7.12. The molecule has 0 heterocycles. The molecule has 0 spiro atoms. The van der Waals surface area contributed by atoms with Crippen LogP contribution in [0, 0.1) is 42.9 Å². The first-order valence-electron chi connectivity index (χ1n) is 12.8. The Morgan fingerprint density at radius 1 is 0.821 bits per heavy atom. The first-order valence-corrected chi connectivity index (χ1v) is 14.9. The van der Waals surface area contributed by atoms with E-state index >= 15 is 0 Å². The molecular weight excluding hydrogens is 523 g/mol. The normalized spacial score (nSPS) is 18.2. The summed E-state index contributed by atoms with van der Waals surface area (Å²) >= 11 is 0. The Kier molecular flexibility index (Phi) is 15.0. The van der Waals surface area contributed by atoms with Gasteiger partial charge in [0.2, 0.25) is 23.6 Å². The van der Waals surface area contributed by atoms with Crippen molar-refractivity contribution in [1.82, 2.24) is 21.3 Å². The zero-order valence-corrected chi connectivity index (χ0v) is 23.3. The van der Waals surface area contributed by atoms with Crippen LogP contribution in [0.15, 0.2) is 0 Å². The van der Waals surface area contributed by atoms with E-state index in [2.05, 4.69) is 39.0 Å². The van der Waals surface area contributed by atoms with Crippen LogP contribution in [0.1, 0.15) is 64.2 Å². The maximum atomic E-state index is 13.4. The highest BCUT2D eigenvalue weighted by molar-refractivity contribution is 7.51. The lowest BCUT2D eigenvalue weighted by molar-refractivity contribution is -0.131. The standard InChI is InChI=1S/C27H39N4O7P/c1-5-18-28-23(32)12-15-27(16-13-24(33)29-19-6-2,17-14-25(34)30-20-7-3)31-26(35)21-8-10-22(11-9-21)38-39(4,36)37/h1-3,21-22H,8-20H2,4H3,(H,28,32)(H,29,33)(H,30,34)(H,31,35)(H,36,37)/t21-,22+. The van der Waals surface area contributed by atoms with Gasteiger partial charge in [0.25, 0.3) is 0 Å². The van der Waals surface area contributed by atoms with Gasteiger partial charge in [-0.3, -0.25) is 23.7 Å². The van der Waals surface area contributed by atoms with Gasteiger partial charge >= 0.3 is 7.60 Å². The molecule has 1 saturated carbocycles. The van der Waals surface area contributed by atoms with Crippen molar-refractivity contribution in [3.8, 4) is 37.0 Å². The van der Waals surface area contributed by atoms with E-state index in [0.29, 0.717) is 25.7 Å². The molecule has 12 heteroatoms. The van der Waals surface area contributed by atoms with Gasteiger partial charge < -0.3 is 30.7 Å². The molecule has 1 fully saturated rings. The average molecular weight is 563 g/mol. The van der Waals surface area contributed by atoms with Crippen molar-refractivity contribution < 1.29 is 33.2 Å². The van der Waals surface area contributed by atoms with E-state index in [1.807, 2.05) is 0 Å². The Morgan fingerprint density at radius 3 is 1.54 bits per heavy atom. The number of amides is 4. The van der Waals surface area contributed by atoms with E-state index in [1.54, 1.807) is 0 Å². The molecule has 1 aliphatic carbocycles. The lowest BCUT2D eigenvalue weighted by atomic mass is 9.81. The summed E-state index contributed by atoms with van der Waals surface area (Å²) in [6.45, 7) is 1.26. The van der Waals surface area contributed by atoms with Crippen LogP contribution in [0.2, 0.25) is 0 Å². The molecule has 214 valence electrons. The minimum Gasteiger partial charge on any atom is -0.350 e. The van der Waals surface area contributed by atoms with Crippen molar-refractivity contribution in [2.24, 2.45) is 5.92 Å². The predicted molar refractivity (Wildman–Crippen MR) is 147 cm³/mol. The summed E-state index contributed by atoms with van der Waals surface area (Å²) in [4.78, 5) is 60.0. The van der Waals surface area contributed by atoms with E-state index in [1.165, 1.54) is 0 Å². The van der Waals surface area contributed by atoms with Crippen LogP contribution in [-0.2, 0) is 28.3 Å². The van der Waals surface area contributed by atoms with Crippen LogP contribution in [0.3, 0.4) is 0 Å². The Morgan fingerprint density at radius 2 is 1.21 bits per heavy atom. The molecular formula is C27H39N4O7P. The second-order valence-corrected chi connectivity index (χ2v) is 11.4. The molecule has 0 aromatic carbocycles. The average Bonchev–Trinajstić information content (AvgIpc) is 2.89. The van der Waals surface area contributed by atoms with Gasteiger partial charge in [-0.2, -0.15) is 0 Å². The minimum absolute atomic E-state index is 0.00275. The Balaban J connectivity index is 3.09. The maximum absolute atomic E-state index is 13.4. The monoisotopic (exact) mass is 562 g/mol. The van der Waals surface area contributed by atoms with Gasteiger partial charge in [-0.15, -0.1) is 19.3 Å². The molecule has 1 rings (SSSR count). The van der Waals surface area contributed by atoms with Gasteiger partial charge in [-0.05, 0) is 44.9 Å². The Labute approximate surface area is 230 Å². The molecule has 1 aliphatic rings. The number of carbonyl (C=O) groups is 4. The lowest BCUT2D eigenvalue weighted by Crippen LogP contribution is -2.52. The van der Waals surface area contributed by atoms with Crippen LogP contribution in [0.25, 0.3) is 0 Å². The molecule has 0 radical (unpaired) electrons. The first kappa shape index (κ1) is 33.7. The van der Waals surface area contributed by atoms with E-state index in [9.17, 15) is 28.6 Å². The van der Waals surface area contributed by atoms with E-state index < -0.39 is 25.2 Å². The van der Waals surface area contributed by atoms with Gasteiger partial charge in [0.05, 0.1) is 25.7 Å². The fourth-order valence-electron chi connectivity index (χ4n) is 4.41. The van der Waals surface area contributed by atoms with Gasteiger partial charge in [0, 0.05) is 37.4 Å². The highest BCUT2D eigenvalue weighted by Crippen LogP contribution is 2.42. The zero-order valence-electron chi connectivity index (χ0n) is 22.4. The lowest BCUT2D eigenvalue weighted by Gasteiger charge is -2.37. The van der Waals surface area contributed by atoms with Crippen LogP contribution >= 0.6 is 7.60 Å². The van der Waals surface area contributed by atoms with Crippen molar-refractivity contribution in [2.75, 3.05) is 26.3 Å². The molecule has 4 amide bonds. The highest BCUT2D eigenvalue weighted by Gasteiger charge is 2.37. The summed E-state index contributed by atoms with van der Waals surface area (Å²) in [5.41, 5.74) is -1.07. The summed E-state index contributed by atoms with van der Waals surface area (Å²) in [7, 11) is -3.64. The zero-order chi connectivity index (χ0) is 29.3. The Hall–Kier alpha value is -3.29. The van der Waals surface area contributed by atoms with Crippen LogP contribution < -0.4 is 21.3 Å². The van der Waals surface area contributed by atoms with Crippen LogP contribution in [-0.4, -0.2) is 66.5 Å². The quantitative estimate of drug-likeness (QED) is 0.137. The molecule has 0 aromatic rings. The molecule has 0 aromatic heterocycles. The third-order valence-electron chi connectivity index (χ3n) is 6.43. The second kappa shape index (κ2) is 17.3. The van der Waals surface area contributed by atoms with Crippen molar-refractivity contribution >= 4 is 31.2 Å². The van der Waals surface area contributed by atoms with Gasteiger partial charge in [0.15, 0.2) is 0 Å². The van der Waals surface area contributed by atoms with Gasteiger partial charge in [0.1, 0.15) is 0 Å². The van der Waals surface area contributed by atoms with E-state index in [0.717, 1.165) is 6.66 Å². The first-order chi connectivity index (χ1) is 18.4. The molecule has 0 aliphatic heterocycles. The molecule has 1 unspecified atom stereocenters. The molecule has 0 bridgehead atoms. The van der Waals surface area contributed by atoms with Crippen molar-refractivity contribution in [1.29, 1.82) is 0 Å². The summed E-state index contributed by atoms with van der Waals surface area (Å²) < 4.78 is 16.8.